The van der Waals surface area contributed by atoms with E-state index < -0.39 is 0 Å². The maximum absolute atomic E-state index is 12.1. The van der Waals surface area contributed by atoms with Crippen molar-refractivity contribution in [2.24, 2.45) is 0 Å². The molecule has 146 valence electrons. The molecule has 0 aliphatic heterocycles. The normalized spacial score (nSPS) is 10.2. The Kier molecular flexibility index (Phi) is 7.79. The summed E-state index contributed by atoms with van der Waals surface area (Å²) < 4.78 is 21.6. The Labute approximate surface area is 160 Å². The lowest BCUT2D eigenvalue weighted by atomic mass is 10.1. The molecule has 6 heteroatoms. The first-order valence-electron chi connectivity index (χ1n) is 8.82. The van der Waals surface area contributed by atoms with Crippen molar-refractivity contribution >= 4 is 5.91 Å². The number of carbonyl (C=O) groups is 1. The summed E-state index contributed by atoms with van der Waals surface area (Å²) in [5, 5.41) is 2.87. The van der Waals surface area contributed by atoms with Crippen LogP contribution in [0.25, 0.3) is 0 Å². The quantitative estimate of drug-likeness (QED) is 0.648. The fraction of sp³-hybridized carbons (Fsp3) is 0.381. The molecule has 0 heterocycles. The summed E-state index contributed by atoms with van der Waals surface area (Å²) in [7, 11) is 4.70. The molecular formula is C21H27NO5. The van der Waals surface area contributed by atoms with Crippen molar-refractivity contribution in [3.8, 4) is 23.0 Å². The van der Waals surface area contributed by atoms with E-state index in [2.05, 4.69) is 5.32 Å². The van der Waals surface area contributed by atoms with Crippen LogP contribution in [0.5, 0.6) is 23.0 Å². The van der Waals surface area contributed by atoms with Crippen molar-refractivity contribution in [2.45, 2.75) is 19.8 Å². The Hall–Kier alpha value is -2.89. The minimum Gasteiger partial charge on any atom is -0.493 e. The lowest BCUT2D eigenvalue weighted by Gasteiger charge is -2.14. The van der Waals surface area contributed by atoms with Gasteiger partial charge in [-0.05, 0) is 48.7 Å². The Morgan fingerprint density at radius 2 is 1.70 bits per heavy atom. The van der Waals surface area contributed by atoms with E-state index in [9.17, 15) is 4.79 Å². The van der Waals surface area contributed by atoms with Crippen LogP contribution in [0.1, 0.15) is 17.5 Å². The van der Waals surface area contributed by atoms with Gasteiger partial charge in [-0.1, -0.05) is 12.1 Å². The van der Waals surface area contributed by atoms with Crippen LogP contribution in [0.2, 0.25) is 0 Å². The fourth-order valence-corrected chi connectivity index (χ4v) is 2.69. The van der Waals surface area contributed by atoms with Gasteiger partial charge in [-0.3, -0.25) is 4.79 Å². The van der Waals surface area contributed by atoms with Crippen LogP contribution in [0.4, 0.5) is 0 Å². The number of aryl methyl sites for hydroxylation is 2. The highest BCUT2D eigenvalue weighted by Gasteiger charge is 2.13. The second kappa shape index (κ2) is 10.3. The number of rotatable bonds is 10. The lowest BCUT2D eigenvalue weighted by Crippen LogP contribution is -2.28. The Bertz CT molecular complexity index is 735. The standard InChI is InChI=1S/C21H27NO5/c1-15-6-5-7-17(12-15)27-11-10-22-20(23)9-8-16-13-18(24-2)21(26-4)19(14-16)25-3/h5-7,12-14H,8-11H2,1-4H3,(H,22,23). The summed E-state index contributed by atoms with van der Waals surface area (Å²) in [6, 6.07) is 11.5. The molecule has 2 aromatic carbocycles. The number of nitrogens with one attached hydrogen (secondary N) is 1. The second-order valence-corrected chi connectivity index (χ2v) is 6.05. The van der Waals surface area contributed by atoms with Crippen molar-refractivity contribution in [1.82, 2.24) is 5.32 Å². The second-order valence-electron chi connectivity index (χ2n) is 6.05. The molecule has 0 atom stereocenters. The first-order chi connectivity index (χ1) is 13.1. The van der Waals surface area contributed by atoms with Crippen molar-refractivity contribution in [2.75, 3.05) is 34.5 Å². The molecule has 0 unspecified atom stereocenters. The van der Waals surface area contributed by atoms with Gasteiger partial charge in [0.1, 0.15) is 12.4 Å². The molecule has 1 amide bonds. The minimum atomic E-state index is -0.0309. The van der Waals surface area contributed by atoms with E-state index >= 15 is 0 Å². The highest BCUT2D eigenvalue weighted by Crippen LogP contribution is 2.38. The van der Waals surface area contributed by atoms with Crippen LogP contribution < -0.4 is 24.3 Å². The Balaban J connectivity index is 1.79. The van der Waals surface area contributed by atoms with Gasteiger partial charge < -0.3 is 24.3 Å². The third-order valence-corrected chi connectivity index (χ3v) is 4.05. The average molecular weight is 373 g/mol. The molecule has 0 aromatic heterocycles. The number of ether oxygens (including phenoxy) is 4. The van der Waals surface area contributed by atoms with Gasteiger partial charge in [0, 0.05) is 6.42 Å². The van der Waals surface area contributed by atoms with Gasteiger partial charge in [-0.25, -0.2) is 0 Å². The first kappa shape index (κ1) is 20.4. The largest absolute Gasteiger partial charge is 0.493 e. The van der Waals surface area contributed by atoms with Crippen molar-refractivity contribution in [3.05, 3.63) is 47.5 Å². The molecule has 0 aliphatic rings. The molecule has 0 bridgehead atoms. The molecular weight excluding hydrogens is 346 g/mol. The first-order valence-corrected chi connectivity index (χ1v) is 8.82. The molecule has 1 N–H and O–H groups in total. The topological polar surface area (TPSA) is 66.0 Å². The number of methoxy groups -OCH3 is 3. The van der Waals surface area contributed by atoms with Gasteiger partial charge in [0.05, 0.1) is 27.9 Å². The van der Waals surface area contributed by atoms with E-state index in [1.54, 1.807) is 21.3 Å². The van der Waals surface area contributed by atoms with Crippen LogP contribution >= 0.6 is 0 Å². The number of benzene rings is 2. The average Bonchev–Trinajstić information content (AvgIpc) is 2.68. The summed E-state index contributed by atoms with van der Waals surface area (Å²) in [4.78, 5) is 12.1. The van der Waals surface area contributed by atoms with Gasteiger partial charge in [0.2, 0.25) is 11.7 Å². The van der Waals surface area contributed by atoms with Gasteiger partial charge in [-0.2, -0.15) is 0 Å². The lowest BCUT2D eigenvalue weighted by molar-refractivity contribution is -0.121. The van der Waals surface area contributed by atoms with Gasteiger partial charge in [-0.15, -0.1) is 0 Å². The molecule has 6 nitrogen and oxygen atoms in total. The number of carbonyl (C=O) groups excluding carboxylic acids is 1. The SMILES string of the molecule is COc1cc(CCC(=O)NCCOc2cccc(C)c2)cc(OC)c1OC. The number of hydrogen-bond acceptors (Lipinski definition) is 5. The molecule has 0 spiro atoms. The summed E-state index contributed by atoms with van der Waals surface area (Å²) in [6.45, 7) is 2.90. The predicted molar refractivity (Wildman–Crippen MR) is 104 cm³/mol. The molecule has 0 aliphatic carbocycles. The molecule has 2 rings (SSSR count). The van der Waals surface area contributed by atoms with Gasteiger partial charge in [0.15, 0.2) is 11.5 Å². The molecule has 0 saturated carbocycles. The summed E-state index contributed by atoms with van der Waals surface area (Å²) in [5.41, 5.74) is 2.08. The molecule has 0 radical (unpaired) electrons. The van der Waals surface area contributed by atoms with Gasteiger partial charge >= 0.3 is 0 Å². The molecule has 2 aromatic rings. The third-order valence-electron chi connectivity index (χ3n) is 4.05. The maximum Gasteiger partial charge on any atom is 0.220 e. The monoisotopic (exact) mass is 373 g/mol. The fourth-order valence-electron chi connectivity index (χ4n) is 2.69. The van der Waals surface area contributed by atoms with E-state index in [-0.39, 0.29) is 5.91 Å². The predicted octanol–water partition coefficient (Wildman–Crippen LogP) is 3.15. The smallest absolute Gasteiger partial charge is 0.220 e. The third kappa shape index (κ3) is 6.09. The molecule has 27 heavy (non-hydrogen) atoms. The van der Waals surface area contributed by atoms with E-state index in [0.717, 1.165) is 16.9 Å². The van der Waals surface area contributed by atoms with E-state index in [4.69, 9.17) is 18.9 Å². The van der Waals surface area contributed by atoms with Crippen molar-refractivity contribution in [3.63, 3.8) is 0 Å². The van der Waals surface area contributed by atoms with Gasteiger partial charge in [0.25, 0.3) is 0 Å². The van der Waals surface area contributed by atoms with E-state index in [1.165, 1.54) is 0 Å². The zero-order valence-electron chi connectivity index (χ0n) is 16.3. The van der Waals surface area contributed by atoms with Crippen molar-refractivity contribution < 1.29 is 23.7 Å². The van der Waals surface area contributed by atoms with Crippen LogP contribution in [0, 0.1) is 6.92 Å². The zero-order chi connectivity index (χ0) is 19.6. The van der Waals surface area contributed by atoms with Crippen LogP contribution in [-0.2, 0) is 11.2 Å². The number of hydrogen-bond donors (Lipinski definition) is 1. The Morgan fingerprint density at radius 3 is 2.30 bits per heavy atom. The summed E-state index contributed by atoms with van der Waals surface area (Å²) >= 11 is 0. The maximum atomic E-state index is 12.1. The zero-order valence-corrected chi connectivity index (χ0v) is 16.3. The highest BCUT2D eigenvalue weighted by atomic mass is 16.5. The Morgan fingerprint density at radius 1 is 1.00 bits per heavy atom. The van der Waals surface area contributed by atoms with Crippen LogP contribution in [0.3, 0.4) is 0 Å². The molecule has 0 fully saturated rings. The summed E-state index contributed by atoms with van der Waals surface area (Å²) in [6.07, 6.45) is 0.935. The van der Waals surface area contributed by atoms with Crippen LogP contribution in [-0.4, -0.2) is 40.4 Å². The highest BCUT2D eigenvalue weighted by molar-refractivity contribution is 5.76. The van der Waals surface area contributed by atoms with Crippen LogP contribution in [0.15, 0.2) is 36.4 Å². The van der Waals surface area contributed by atoms with E-state index in [1.807, 2.05) is 43.3 Å². The van der Waals surface area contributed by atoms with Crippen molar-refractivity contribution in [1.29, 1.82) is 0 Å². The summed E-state index contributed by atoms with van der Waals surface area (Å²) in [5.74, 6) is 2.48. The molecule has 0 saturated heterocycles. The number of amides is 1. The van der Waals surface area contributed by atoms with E-state index in [0.29, 0.717) is 43.2 Å². The minimum absolute atomic E-state index is 0.0309.